The van der Waals surface area contributed by atoms with Crippen molar-refractivity contribution in [3.8, 4) is 0 Å². The zero-order chi connectivity index (χ0) is 22.3. The van der Waals surface area contributed by atoms with Crippen LogP contribution >= 0.6 is 23.4 Å². The summed E-state index contributed by atoms with van der Waals surface area (Å²) in [5.41, 5.74) is -0.685. The van der Waals surface area contributed by atoms with Gasteiger partial charge in [0.25, 0.3) is 0 Å². The Morgan fingerprint density at radius 3 is 2.70 bits per heavy atom. The first kappa shape index (κ1) is 24.3. The molecule has 1 heterocycles. The summed E-state index contributed by atoms with van der Waals surface area (Å²) in [5, 5.41) is 11.6. The van der Waals surface area contributed by atoms with E-state index in [0.717, 1.165) is 29.7 Å². The molecule has 0 spiro atoms. The van der Waals surface area contributed by atoms with Crippen molar-refractivity contribution in [2.24, 2.45) is 5.92 Å². The summed E-state index contributed by atoms with van der Waals surface area (Å²) in [7, 11) is 0. The van der Waals surface area contributed by atoms with Crippen molar-refractivity contribution < 1.29 is 18.0 Å². The molecule has 0 unspecified atom stereocenters. The molecule has 1 N–H and O–H groups in total. The van der Waals surface area contributed by atoms with Crippen LogP contribution < -0.4 is 5.32 Å². The van der Waals surface area contributed by atoms with Crippen LogP contribution in [-0.4, -0.2) is 33.5 Å². The van der Waals surface area contributed by atoms with Gasteiger partial charge in [0.1, 0.15) is 5.82 Å². The molecule has 0 aliphatic rings. The van der Waals surface area contributed by atoms with Gasteiger partial charge >= 0.3 is 6.18 Å². The van der Waals surface area contributed by atoms with E-state index in [1.807, 2.05) is 6.26 Å². The van der Waals surface area contributed by atoms with Crippen LogP contribution in [0.5, 0.6) is 0 Å². The van der Waals surface area contributed by atoms with E-state index in [0.29, 0.717) is 25.3 Å². The van der Waals surface area contributed by atoms with E-state index >= 15 is 0 Å². The molecule has 5 nitrogen and oxygen atoms in total. The molecule has 10 heteroatoms. The van der Waals surface area contributed by atoms with E-state index in [2.05, 4.69) is 33.9 Å². The highest BCUT2D eigenvalue weighted by Crippen LogP contribution is 2.35. The first-order chi connectivity index (χ1) is 14.1. The monoisotopic (exact) mass is 460 g/mol. The molecule has 0 radical (unpaired) electrons. The van der Waals surface area contributed by atoms with Crippen LogP contribution in [0.15, 0.2) is 29.4 Å². The quantitative estimate of drug-likeness (QED) is 0.321. The number of thioether (sulfide) groups is 1. The number of aromatic nitrogens is 3. The SMILES string of the molecule is CSc1nnc(CCCNC(=O)/C=C/c2ccc(Cl)c(C(F)(F)F)c2)n1CC(C)C. The Labute approximate surface area is 183 Å². The van der Waals surface area contributed by atoms with Crippen molar-refractivity contribution in [2.45, 2.75) is 44.6 Å². The second kappa shape index (κ2) is 10.9. The van der Waals surface area contributed by atoms with Crippen LogP contribution in [0.1, 0.15) is 37.2 Å². The van der Waals surface area contributed by atoms with Crippen molar-refractivity contribution in [3.05, 3.63) is 46.2 Å². The number of hydrogen-bond acceptors (Lipinski definition) is 4. The van der Waals surface area contributed by atoms with E-state index in [1.165, 1.54) is 18.2 Å². The summed E-state index contributed by atoms with van der Waals surface area (Å²) in [6.07, 6.45) is 1.27. The third-order valence-electron chi connectivity index (χ3n) is 4.12. The molecule has 0 saturated heterocycles. The minimum atomic E-state index is -4.55. The number of aryl methyl sites for hydroxylation is 1. The number of alkyl halides is 3. The minimum Gasteiger partial charge on any atom is -0.353 e. The third-order valence-corrected chi connectivity index (χ3v) is 5.12. The molecule has 2 rings (SSSR count). The standard InChI is InChI=1S/C20H24ClF3N4OS/c1-13(2)12-28-17(26-27-19(28)30-3)5-4-10-25-18(29)9-7-14-6-8-16(21)15(11-14)20(22,23)24/h6-9,11,13H,4-5,10,12H2,1-3H3,(H,25,29)/b9-7+. The van der Waals surface area contributed by atoms with Crippen molar-refractivity contribution in [2.75, 3.05) is 12.8 Å². The summed E-state index contributed by atoms with van der Waals surface area (Å²) in [6.45, 7) is 5.49. The summed E-state index contributed by atoms with van der Waals surface area (Å²) < 4.78 is 40.8. The number of benzene rings is 1. The molecule has 1 amide bonds. The van der Waals surface area contributed by atoms with Gasteiger partial charge in [0.2, 0.25) is 5.91 Å². The molecule has 0 saturated carbocycles. The van der Waals surface area contributed by atoms with E-state index in [-0.39, 0.29) is 16.5 Å². The summed E-state index contributed by atoms with van der Waals surface area (Å²) in [4.78, 5) is 12.0. The predicted molar refractivity (Wildman–Crippen MR) is 113 cm³/mol. The van der Waals surface area contributed by atoms with Gasteiger partial charge in [-0.1, -0.05) is 43.3 Å². The molecule has 0 aliphatic carbocycles. The maximum Gasteiger partial charge on any atom is 0.417 e. The van der Waals surface area contributed by atoms with Crippen LogP contribution in [0.2, 0.25) is 5.02 Å². The second-order valence-corrected chi connectivity index (χ2v) is 8.25. The van der Waals surface area contributed by atoms with Crippen molar-refractivity contribution in [3.63, 3.8) is 0 Å². The lowest BCUT2D eigenvalue weighted by atomic mass is 10.1. The van der Waals surface area contributed by atoms with E-state index in [9.17, 15) is 18.0 Å². The fourth-order valence-electron chi connectivity index (χ4n) is 2.76. The minimum absolute atomic E-state index is 0.244. The lowest BCUT2D eigenvalue weighted by molar-refractivity contribution is -0.137. The predicted octanol–water partition coefficient (Wildman–Crippen LogP) is 5.09. The fourth-order valence-corrected chi connectivity index (χ4v) is 3.50. The maximum absolute atomic E-state index is 12.9. The summed E-state index contributed by atoms with van der Waals surface area (Å²) >= 11 is 7.13. The van der Waals surface area contributed by atoms with Gasteiger partial charge in [0.15, 0.2) is 5.16 Å². The molecule has 1 aromatic carbocycles. The topological polar surface area (TPSA) is 59.8 Å². The average molecular weight is 461 g/mol. The van der Waals surface area contributed by atoms with E-state index in [4.69, 9.17) is 11.6 Å². The normalized spacial score (nSPS) is 12.1. The number of nitrogens with one attached hydrogen (secondary N) is 1. The number of hydrogen-bond donors (Lipinski definition) is 1. The van der Waals surface area contributed by atoms with Gasteiger partial charge in [-0.05, 0) is 42.4 Å². The van der Waals surface area contributed by atoms with Gasteiger partial charge in [0, 0.05) is 25.6 Å². The zero-order valence-corrected chi connectivity index (χ0v) is 18.5. The highest BCUT2D eigenvalue weighted by Gasteiger charge is 2.33. The van der Waals surface area contributed by atoms with Gasteiger partial charge in [0.05, 0.1) is 10.6 Å². The number of halogens is 4. The number of carbonyl (C=O) groups is 1. The van der Waals surface area contributed by atoms with Gasteiger partial charge in [-0.25, -0.2) is 0 Å². The van der Waals surface area contributed by atoms with E-state index < -0.39 is 11.7 Å². The number of nitrogens with zero attached hydrogens (tertiary/aromatic N) is 3. The molecular weight excluding hydrogens is 437 g/mol. The Morgan fingerprint density at radius 2 is 2.07 bits per heavy atom. The second-order valence-electron chi connectivity index (χ2n) is 7.07. The van der Waals surface area contributed by atoms with Gasteiger partial charge in [-0.15, -0.1) is 10.2 Å². The van der Waals surface area contributed by atoms with Crippen molar-refractivity contribution in [1.29, 1.82) is 0 Å². The molecule has 1 aromatic heterocycles. The molecule has 0 fully saturated rings. The molecule has 0 bridgehead atoms. The van der Waals surface area contributed by atoms with Crippen LogP contribution in [0.3, 0.4) is 0 Å². The maximum atomic E-state index is 12.9. The molecule has 164 valence electrons. The van der Waals surface area contributed by atoms with Crippen LogP contribution in [0.25, 0.3) is 6.08 Å². The zero-order valence-electron chi connectivity index (χ0n) is 17.0. The lowest BCUT2D eigenvalue weighted by Crippen LogP contribution is -2.23. The van der Waals surface area contributed by atoms with Crippen LogP contribution in [-0.2, 0) is 23.9 Å². The first-order valence-corrected chi connectivity index (χ1v) is 11.0. The van der Waals surface area contributed by atoms with Crippen LogP contribution in [0, 0.1) is 5.92 Å². The smallest absolute Gasteiger partial charge is 0.353 e. The summed E-state index contributed by atoms with van der Waals surface area (Å²) in [5.74, 6) is 0.951. The first-order valence-electron chi connectivity index (χ1n) is 9.40. The Bertz CT molecular complexity index is 897. The molecule has 0 atom stereocenters. The number of carbonyl (C=O) groups excluding carboxylic acids is 1. The average Bonchev–Trinajstić information content (AvgIpc) is 3.04. The largest absolute Gasteiger partial charge is 0.417 e. The molecule has 0 aliphatic heterocycles. The van der Waals surface area contributed by atoms with Gasteiger partial charge in [-0.3, -0.25) is 4.79 Å². The Morgan fingerprint density at radius 1 is 1.33 bits per heavy atom. The number of rotatable bonds is 9. The Balaban J connectivity index is 1.87. The molecular formula is C20H24ClF3N4OS. The molecule has 2 aromatic rings. The van der Waals surface area contributed by atoms with Crippen LogP contribution in [0.4, 0.5) is 13.2 Å². The fraction of sp³-hybridized carbons (Fsp3) is 0.450. The summed E-state index contributed by atoms with van der Waals surface area (Å²) in [6, 6.07) is 3.50. The lowest BCUT2D eigenvalue weighted by Gasteiger charge is -2.11. The molecule has 30 heavy (non-hydrogen) atoms. The third kappa shape index (κ3) is 7.05. The Hall–Kier alpha value is -2.00. The van der Waals surface area contributed by atoms with Crippen molar-refractivity contribution in [1.82, 2.24) is 20.1 Å². The van der Waals surface area contributed by atoms with E-state index in [1.54, 1.807) is 11.8 Å². The Kier molecular flexibility index (Phi) is 8.78. The highest BCUT2D eigenvalue weighted by atomic mass is 35.5. The van der Waals surface area contributed by atoms with Gasteiger partial charge < -0.3 is 9.88 Å². The number of amides is 1. The van der Waals surface area contributed by atoms with Gasteiger partial charge in [-0.2, -0.15) is 13.2 Å². The van der Waals surface area contributed by atoms with Crippen molar-refractivity contribution >= 4 is 35.3 Å². The highest BCUT2D eigenvalue weighted by molar-refractivity contribution is 7.98.